The van der Waals surface area contributed by atoms with Crippen LogP contribution in [0.25, 0.3) is 0 Å². The van der Waals surface area contributed by atoms with Crippen molar-refractivity contribution in [2.75, 3.05) is 6.54 Å². The first-order valence-corrected chi connectivity index (χ1v) is 6.71. The summed E-state index contributed by atoms with van der Waals surface area (Å²) in [6, 6.07) is 3.51. The van der Waals surface area contributed by atoms with Gasteiger partial charge in [-0.25, -0.2) is 13.8 Å². The Hall–Kier alpha value is -1.75. The molecule has 2 rings (SSSR count). The van der Waals surface area contributed by atoms with Crippen molar-refractivity contribution in [1.82, 2.24) is 15.3 Å². The van der Waals surface area contributed by atoms with Crippen LogP contribution in [0.5, 0.6) is 0 Å². The molecule has 0 saturated heterocycles. The molecule has 0 spiro atoms. The largest absolute Gasteiger partial charge is 0.345 e. The number of aromatic nitrogens is 2. The van der Waals surface area contributed by atoms with E-state index in [0.717, 1.165) is 18.3 Å². The summed E-state index contributed by atoms with van der Waals surface area (Å²) in [4.78, 5) is 7.38. The van der Waals surface area contributed by atoms with Gasteiger partial charge in [0.1, 0.15) is 17.5 Å². The summed E-state index contributed by atoms with van der Waals surface area (Å²) in [7, 11) is 0. The first-order chi connectivity index (χ1) is 9.52. The van der Waals surface area contributed by atoms with Crippen molar-refractivity contribution in [3.63, 3.8) is 0 Å². The van der Waals surface area contributed by atoms with Gasteiger partial charge in [0.25, 0.3) is 0 Å². The summed E-state index contributed by atoms with van der Waals surface area (Å²) in [6.07, 6.45) is 2.14. The van der Waals surface area contributed by atoms with Crippen LogP contribution in [0, 0.1) is 17.6 Å². The van der Waals surface area contributed by atoms with Crippen LogP contribution in [-0.4, -0.2) is 16.5 Å². The molecule has 1 aromatic heterocycles. The second-order valence-corrected chi connectivity index (χ2v) is 5.33. The number of nitrogens with one attached hydrogen (secondary N) is 2. The monoisotopic (exact) mass is 279 g/mol. The van der Waals surface area contributed by atoms with Crippen molar-refractivity contribution < 1.29 is 8.78 Å². The lowest BCUT2D eigenvalue weighted by Gasteiger charge is -2.05. The molecule has 1 heterocycles. The second-order valence-electron chi connectivity index (χ2n) is 5.33. The van der Waals surface area contributed by atoms with Crippen molar-refractivity contribution in [2.45, 2.75) is 26.8 Å². The van der Waals surface area contributed by atoms with Crippen LogP contribution in [0.1, 0.15) is 30.9 Å². The summed E-state index contributed by atoms with van der Waals surface area (Å²) in [5, 5.41) is 3.31. The first kappa shape index (κ1) is 14.7. The smallest absolute Gasteiger partial charge is 0.126 e. The third kappa shape index (κ3) is 4.42. The van der Waals surface area contributed by atoms with Crippen molar-refractivity contribution in [3.05, 3.63) is 53.1 Å². The zero-order valence-corrected chi connectivity index (χ0v) is 11.7. The van der Waals surface area contributed by atoms with Gasteiger partial charge in [-0.15, -0.1) is 0 Å². The third-order valence-corrected chi connectivity index (χ3v) is 2.84. The van der Waals surface area contributed by atoms with Gasteiger partial charge in [-0.05, 0) is 30.2 Å². The first-order valence-electron chi connectivity index (χ1n) is 6.71. The summed E-state index contributed by atoms with van der Waals surface area (Å²) in [5.74, 6) is 0.166. The molecule has 0 radical (unpaired) electrons. The van der Waals surface area contributed by atoms with E-state index in [1.54, 1.807) is 6.20 Å². The van der Waals surface area contributed by atoms with Crippen LogP contribution < -0.4 is 5.32 Å². The quantitative estimate of drug-likeness (QED) is 0.853. The Kier molecular flexibility index (Phi) is 4.84. The summed E-state index contributed by atoms with van der Waals surface area (Å²) < 4.78 is 26.2. The Labute approximate surface area is 117 Å². The van der Waals surface area contributed by atoms with Crippen molar-refractivity contribution in [3.8, 4) is 0 Å². The van der Waals surface area contributed by atoms with Gasteiger partial charge in [0.05, 0.1) is 0 Å². The molecule has 0 saturated carbocycles. The summed E-state index contributed by atoms with van der Waals surface area (Å²) in [6.45, 7) is 5.93. The third-order valence-electron chi connectivity index (χ3n) is 2.84. The fourth-order valence-electron chi connectivity index (χ4n) is 1.99. The molecule has 108 valence electrons. The van der Waals surface area contributed by atoms with Gasteiger partial charge in [0, 0.05) is 30.9 Å². The van der Waals surface area contributed by atoms with E-state index in [9.17, 15) is 8.78 Å². The molecule has 1 aromatic carbocycles. The fraction of sp³-hybridized carbons (Fsp3) is 0.400. The number of imidazole rings is 1. The van der Waals surface area contributed by atoms with E-state index < -0.39 is 11.6 Å². The Bertz CT molecular complexity index is 544. The van der Waals surface area contributed by atoms with Gasteiger partial charge in [0.15, 0.2) is 0 Å². The van der Waals surface area contributed by atoms with Crippen LogP contribution in [0.15, 0.2) is 24.4 Å². The van der Waals surface area contributed by atoms with Crippen LogP contribution in [0.3, 0.4) is 0 Å². The van der Waals surface area contributed by atoms with Gasteiger partial charge < -0.3 is 10.3 Å². The van der Waals surface area contributed by atoms with Crippen LogP contribution in [0.2, 0.25) is 0 Å². The van der Waals surface area contributed by atoms with E-state index >= 15 is 0 Å². The van der Waals surface area contributed by atoms with Crippen LogP contribution in [0.4, 0.5) is 8.78 Å². The number of halogens is 2. The number of H-pyrrole nitrogens is 1. The summed E-state index contributed by atoms with van der Waals surface area (Å²) in [5.41, 5.74) is 1.54. The predicted molar refractivity (Wildman–Crippen MR) is 74.3 cm³/mol. The maximum absolute atomic E-state index is 13.1. The van der Waals surface area contributed by atoms with Gasteiger partial charge in [0.2, 0.25) is 0 Å². The van der Waals surface area contributed by atoms with E-state index in [4.69, 9.17) is 0 Å². The molecule has 0 atom stereocenters. The minimum Gasteiger partial charge on any atom is -0.345 e. The number of rotatable bonds is 6. The van der Waals surface area contributed by atoms with E-state index in [-0.39, 0.29) is 0 Å². The zero-order chi connectivity index (χ0) is 14.5. The number of aromatic amines is 1. The molecule has 5 heteroatoms. The number of hydrogen-bond donors (Lipinski definition) is 2. The molecule has 0 fully saturated rings. The molecule has 2 N–H and O–H groups in total. The van der Waals surface area contributed by atoms with Crippen LogP contribution >= 0.6 is 0 Å². The minimum atomic E-state index is -0.564. The molecule has 20 heavy (non-hydrogen) atoms. The molecule has 0 aliphatic heterocycles. The molecular weight excluding hydrogens is 260 g/mol. The highest BCUT2D eigenvalue weighted by Gasteiger charge is 2.05. The lowest BCUT2D eigenvalue weighted by molar-refractivity contribution is 0.548. The number of hydrogen-bond acceptors (Lipinski definition) is 2. The number of benzene rings is 1. The SMILES string of the molecule is CC(C)CNCc1cnc(Cc2cc(F)cc(F)c2)[nH]1. The zero-order valence-electron chi connectivity index (χ0n) is 11.7. The van der Waals surface area contributed by atoms with Crippen LogP contribution in [-0.2, 0) is 13.0 Å². The van der Waals surface area contributed by atoms with Gasteiger partial charge in [-0.1, -0.05) is 13.8 Å². The number of nitrogens with zero attached hydrogens (tertiary/aromatic N) is 1. The second kappa shape index (κ2) is 6.61. The average Bonchev–Trinajstić information content (AvgIpc) is 2.74. The van der Waals surface area contributed by atoms with E-state index in [1.165, 1.54) is 12.1 Å². The molecular formula is C15H19F2N3. The molecule has 0 amide bonds. The highest BCUT2D eigenvalue weighted by Crippen LogP contribution is 2.11. The Morgan fingerprint density at radius 1 is 1.20 bits per heavy atom. The highest BCUT2D eigenvalue weighted by molar-refractivity contribution is 5.21. The Morgan fingerprint density at radius 3 is 2.55 bits per heavy atom. The van der Waals surface area contributed by atoms with Crippen molar-refractivity contribution >= 4 is 0 Å². The normalized spacial score (nSPS) is 11.2. The Morgan fingerprint density at radius 2 is 1.90 bits per heavy atom. The van der Waals surface area contributed by atoms with Gasteiger partial charge in [-0.3, -0.25) is 0 Å². The molecule has 0 bridgehead atoms. The maximum Gasteiger partial charge on any atom is 0.126 e. The van der Waals surface area contributed by atoms with Gasteiger partial charge in [-0.2, -0.15) is 0 Å². The van der Waals surface area contributed by atoms with Crippen molar-refractivity contribution in [1.29, 1.82) is 0 Å². The predicted octanol–water partition coefficient (Wildman–Crippen LogP) is 3.02. The average molecular weight is 279 g/mol. The van der Waals surface area contributed by atoms with Crippen molar-refractivity contribution in [2.24, 2.45) is 5.92 Å². The lowest BCUT2D eigenvalue weighted by atomic mass is 10.1. The molecule has 0 aliphatic rings. The topological polar surface area (TPSA) is 40.7 Å². The summed E-state index contributed by atoms with van der Waals surface area (Å²) >= 11 is 0. The van der Waals surface area contributed by atoms with Gasteiger partial charge >= 0.3 is 0 Å². The fourth-order valence-corrected chi connectivity index (χ4v) is 1.99. The molecule has 0 unspecified atom stereocenters. The highest BCUT2D eigenvalue weighted by atomic mass is 19.1. The lowest BCUT2D eigenvalue weighted by Crippen LogP contribution is -2.19. The molecule has 3 nitrogen and oxygen atoms in total. The Balaban J connectivity index is 1.95. The van der Waals surface area contributed by atoms with E-state index in [0.29, 0.717) is 30.3 Å². The minimum absolute atomic E-state index is 0.388. The molecule has 0 aliphatic carbocycles. The van der Waals surface area contributed by atoms with E-state index in [2.05, 4.69) is 29.1 Å². The maximum atomic E-state index is 13.1. The van der Waals surface area contributed by atoms with E-state index in [1.807, 2.05) is 0 Å². The standard InChI is InChI=1S/C15H19F2N3/c1-10(2)7-18-8-14-9-19-15(20-14)5-11-3-12(16)6-13(17)4-11/h3-4,6,9-10,18H,5,7-8H2,1-2H3,(H,19,20). The molecule has 2 aromatic rings.